The van der Waals surface area contributed by atoms with Gasteiger partial charge in [0, 0.05) is 11.6 Å². The van der Waals surface area contributed by atoms with Crippen LogP contribution in [0.4, 0.5) is 0 Å². The lowest BCUT2D eigenvalue weighted by Crippen LogP contribution is -2.60. The summed E-state index contributed by atoms with van der Waals surface area (Å²) in [6.07, 6.45) is 12.8. The minimum Gasteiger partial charge on any atom is -0.323 e. The van der Waals surface area contributed by atoms with Gasteiger partial charge in [0.05, 0.1) is 0 Å². The molecule has 0 aromatic rings. The lowest BCUT2D eigenvalue weighted by Gasteiger charge is -2.50. The van der Waals surface area contributed by atoms with Crippen molar-refractivity contribution in [3.8, 4) is 0 Å². The summed E-state index contributed by atoms with van der Waals surface area (Å²) in [5.41, 5.74) is 8.45. The maximum Gasteiger partial charge on any atom is 0.0441 e. The molecule has 1 fully saturated rings. The molecule has 2 rings (SSSR count). The maximum atomic E-state index is 6.71. The molecule has 0 amide bonds. The van der Waals surface area contributed by atoms with Gasteiger partial charge >= 0.3 is 0 Å². The zero-order valence-electron chi connectivity index (χ0n) is 12.4. The lowest BCUT2D eigenvalue weighted by atomic mass is 9.68. The summed E-state index contributed by atoms with van der Waals surface area (Å²) in [5.74, 6) is 0.816. The van der Waals surface area contributed by atoms with Gasteiger partial charge in [0.15, 0.2) is 0 Å². The van der Waals surface area contributed by atoms with Crippen LogP contribution in [0.3, 0.4) is 0 Å². The fourth-order valence-electron chi connectivity index (χ4n) is 4.02. The van der Waals surface area contributed by atoms with E-state index < -0.39 is 0 Å². The molecular weight excluding hydrogens is 220 g/mol. The van der Waals surface area contributed by atoms with Crippen molar-refractivity contribution in [3.05, 3.63) is 11.6 Å². The number of hydrogen-bond donors (Lipinski definition) is 1. The lowest BCUT2D eigenvalue weighted by molar-refractivity contribution is 0.0593. The van der Waals surface area contributed by atoms with E-state index in [4.69, 9.17) is 5.73 Å². The number of hydrogen-bond acceptors (Lipinski definition) is 2. The van der Waals surface area contributed by atoms with Crippen LogP contribution in [0.1, 0.15) is 58.3 Å². The zero-order valence-corrected chi connectivity index (χ0v) is 12.4. The summed E-state index contributed by atoms with van der Waals surface area (Å²) < 4.78 is 0. The normalized spacial score (nSPS) is 35.4. The summed E-state index contributed by atoms with van der Waals surface area (Å²) in [6, 6.07) is 0.246. The minimum atomic E-state index is 0.209. The predicted octanol–water partition coefficient (Wildman–Crippen LogP) is 3.32. The smallest absolute Gasteiger partial charge is 0.0441 e. The van der Waals surface area contributed by atoms with Crippen molar-refractivity contribution in [2.45, 2.75) is 69.9 Å². The van der Waals surface area contributed by atoms with Gasteiger partial charge in [-0.1, -0.05) is 31.4 Å². The van der Waals surface area contributed by atoms with E-state index in [0.29, 0.717) is 0 Å². The molecule has 3 atom stereocenters. The highest BCUT2D eigenvalue weighted by Crippen LogP contribution is 2.40. The molecule has 0 aromatic heterocycles. The van der Waals surface area contributed by atoms with Gasteiger partial charge < -0.3 is 10.6 Å². The highest BCUT2D eigenvalue weighted by Gasteiger charge is 2.43. The van der Waals surface area contributed by atoms with E-state index in [9.17, 15) is 0 Å². The first-order valence-electron chi connectivity index (χ1n) is 7.68. The van der Waals surface area contributed by atoms with E-state index in [1.54, 1.807) is 0 Å². The summed E-state index contributed by atoms with van der Waals surface area (Å²) >= 11 is 0. The average molecular weight is 250 g/mol. The second-order valence-electron chi connectivity index (χ2n) is 6.70. The topological polar surface area (TPSA) is 29.3 Å². The molecule has 0 aliphatic heterocycles. The molecule has 0 radical (unpaired) electrons. The Morgan fingerprint density at radius 1 is 1.33 bits per heavy atom. The van der Waals surface area contributed by atoms with Crippen LogP contribution in [0.5, 0.6) is 0 Å². The average Bonchev–Trinajstić information content (AvgIpc) is 2.38. The third-order valence-electron chi connectivity index (χ3n) is 5.20. The predicted molar refractivity (Wildman–Crippen MR) is 78.6 cm³/mol. The standard InChI is InChI=1S/C16H30N2/c1-13-8-7-11-16(12-13,18(2)3)15(17)14-9-5-4-6-10-14/h9,13,15H,4-8,10-12,17H2,1-3H3. The molecular formula is C16H30N2. The summed E-state index contributed by atoms with van der Waals surface area (Å²) in [6.45, 7) is 2.39. The van der Waals surface area contributed by atoms with Crippen molar-refractivity contribution in [1.82, 2.24) is 4.90 Å². The van der Waals surface area contributed by atoms with Gasteiger partial charge in [-0.3, -0.25) is 0 Å². The Bertz CT molecular complexity index is 308. The van der Waals surface area contributed by atoms with Gasteiger partial charge in [0.1, 0.15) is 0 Å². The Kier molecular flexibility index (Phi) is 4.50. The fraction of sp³-hybridized carbons (Fsp3) is 0.875. The Balaban J connectivity index is 2.20. The maximum absolute atomic E-state index is 6.71. The van der Waals surface area contributed by atoms with Crippen molar-refractivity contribution < 1.29 is 0 Å². The van der Waals surface area contributed by atoms with Crippen LogP contribution in [0.25, 0.3) is 0 Å². The van der Waals surface area contributed by atoms with Gasteiger partial charge in [0.2, 0.25) is 0 Å². The van der Waals surface area contributed by atoms with Gasteiger partial charge in [-0.2, -0.15) is 0 Å². The Labute approximate surface area is 113 Å². The number of likely N-dealkylation sites (N-methyl/N-ethyl adjacent to an activating group) is 1. The van der Waals surface area contributed by atoms with Crippen molar-refractivity contribution in [2.24, 2.45) is 11.7 Å². The first-order valence-corrected chi connectivity index (χ1v) is 7.68. The van der Waals surface area contributed by atoms with Gasteiger partial charge in [0.25, 0.3) is 0 Å². The largest absolute Gasteiger partial charge is 0.323 e. The molecule has 0 spiro atoms. The number of nitrogens with two attached hydrogens (primary N) is 1. The van der Waals surface area contributed by atoms with Crippen LogP contribution in [0.2, 0.25) is 0 Å². The van der Waals surface area contributed by atoms with E-state index in [-0.39, 0.29) is 11.6 Å². The van der Waals surface area contributed by atoms with Gasteiger partial charge in [-0.15, -0.1) is 0 Å². The van der Waals surface area contributed by atoms with Crippen LogP contribution >= 0.6 is 0 Å². The van der Waals surface area contributed by atoms with Crippen molar-refractivity contribution in [1.29, 1.82) is 0 Å². The molecule has 18 heavy (non-hydrogen) atoms. The summed E-state index contributed by atoms with van der Waals surface area (Å²) in [7, 11) is 4.45. The highest BCUT2D eigenvalue weighted by molar-refractivity contribution is 5.21. The molecule has 3 unspecified atom stereocenters. The fourth-order valence-corrected chi connectivity index (χ4v) is 4.02. The first-order chi connectivity index (χ1) is 8.56. The number of allylic oxidation sites excluding steroid dienone is 1. The molecule has 2 aliphatic rings. The minimum absolute atomic E-state index is 0.209. The molecule has 0 aromatic carbocycles. The Morgan fingerprint density at radius 3 is 2.67 bits per heavy atom. The molecule has 2 aliphatic carbocycles. The quantitative estimate of drug-likeness (QED) is 0.779. The molecule has 2 nitrogen and oxygen atoms in total. The van der Waals surface area contributed by atoms with Crippen molar-refractivity contribution in [2.75, 3.05) is 14.1 Å². The Hall–Kier alpha value is -0.340. The van der Waals surface area contributed by atoms with E-state index in [0.717, 1.165) is 5.92 Å². The monoisotopic (exact) mass is 250 g/mol. The zero-order chi connectivity index (χ0) is 13.2. The Morgan fingerprint density at radius 2 is 2.11 bits per heavy atom. The second kappa shape index (κ2) is 5.75. The molecule has 0 saturated heterocycles. The summed E-state index contributed by atoms with van der Waals surface area (Å²) in [4.78, 5) is 2.42. The molecule has 2 N–H and O–H groups in total. The molecule has 104 valence electrons. The molecule has 0 bridgehead atoms. The highest BCUT2D eigenvalue weighted by atomic mass is 15.2. The molecule has 2 heteroatoms. The molecule has 0 heterocycles. The number of rotatable bonds is 3. The third-order valence-corrected chi connectivity index (χ3v) is 5.20. The van der Waals surface area contributed by atoms with E-state index >= 15 is 0 Å². The van der Waals surface area contributed by atoms with E-state index in [1.807, 2.05) is 0 Å². The SMILES string of the molecule is CC1CCCC(C(N)C2=CCCCC2)(N(C)C)C1. The van der Waals surface area contributed by atoms with E-state index in [2.05, 4.69) is 32.0 Å². The van der Waals surface area contributed by atoms with Gasteiger partial charge in [-0.05, 0) is 58.5 Å². The van der Waals surface area contributed by atoms with Crippen LogP contribution in [-0.4, -0.2) is 30.6 Å². The summed E-state index contributed by atoms with van der Waals surface area (Å²) in [5, 5.41) is 0. The third kappa shape index (κ3) is 2.65. The van der Waals surface area contributed by atoms with Crippen LogP contribution in [0, 0.1) is 5.92 Å². The van der Waals surface area contributed by atoms with Crippen molar-refractivity contribution >= 4 is 0 Å². The first kappa shape index (κ1) is 14.1. The van der Waals surface area contributed by atoms with Crippen molar-refractivity contribution in [3.63, 3.8) is 0 Å². The van der Waals surface area contributed by atoms with Gasteiger partial charge in [-0.25, -0.2) is 0 Å². The molecule has 1 saturated carbocycles. The van der Waals surface area contributed by atoms with Crippen LogP contribution in [0.15, 0.2) is 11.6 Å². The van der Waals surface area contributed by atoms with Crippen LogP contribution < -0.4 is 5.73 Å². The number of nitrogens with zero attached hydrogens (tertiary/aromatic N) is 1. The second-order valence-corrected chi connectivity index (χ2v) is 6.70. The van der Waals surface area contributed by atoms with E-state index in [1.165, 1.54) is 56.9 Å². The van der Waals surface area contributed by atoms with Crippen LogP contribution in [-0.2, 0) is 0 Å².